The summed E-state index contributed by atoms with van der Waals surface area (Å²) in [5, 5.41) is 3.08. The molecule has 0 unspecified atom stereocenters. The quantitative estimate of drug-likeness (QED) is 0.548. The normalized spacial score (nSPS) is 13.6. The topological polar surface area (TPSA) is 77.1 Å². The summed E-state index contributed by atoms with van der Waals surface area (Å²) in [5.41, 5.74) is 1.53. The van der Waals surface area contributed by atoms with Gasteiger partial charge in [0.1, 0.15) is 22.9 Å². The van der Waals surface area contributed by atoms with E-state index in [-0.39, 0.29) is 17.8 Å². The summed E-state index contributed by atoms with van der Waals surface area (Å²) < 4.78 is 15.8. The van der Waals surface area contributed by atoms with Gasteiger partial charge in [-0.05, 0) is 29.8 Å². The Morgan fingerprint density at radius 2 is 1.59 bits per heavy atom. The van der Waals surface area contributed by atoms with E-state index in [9.17, 15) is 9.59 Å². The lowest BCUT2D eigenvalue weighted by atomic mass is 10.0. The second-order valence-corrected chi connectivity index (χ2v) is 6.18. The molecule has 1 aliphatic heterocycles. The minimum absolute atomic E-state index is 0.109. The van der Waals surface area contributed by atoms with Crippen LogP contribution in [0.2, 0.25) is 0 Å². The van der Waals surface area contributed by atoms with Crippen molar-refractivity contribution in [3.05, 3.63) is 66.4 Å². The van der Waals surface area contributed by atoms with Crippen LogP contribution < -0.4 is 19.5 Å². The van der Waals surface area contributed by atoms with Crippen LogP contribution in [-0.4, -0.2) is 44.6 Å². The molecule has 1 heterocycles. The van der Waals surface area contributed by atoms with Crippen LogP contribution in [0.1, 0.15) is 5.56 Å². The monoisotopic (exact) mass is 394 g/mol. The predicted octanol–water partition coefficient (Wildman–Crippen LogP) is 3.09. The first-order chi connectivity index (χ1) is 14.0. The molecule has 29 heavy (non-hydrogen) atoms. The summed E-state index contributed by atoms with van der Waals surface area (Å²) in [6.07, 6.45) is 1.51. The molecule has 0 saturated heterocycles. The molecule has 2 amide bonds. The minimum Gasteiger partial charge on any atom is -0.497 e. The average molecular weight is 394 g/mol. The fourth-order valence-corrected chi connectivity index (χ4v) is 3.06. The summed E-state index contributed by atoms with van der Waals surface area (Å²) in [6.45, 7) is 3.74. The van der Waals surface area contributed by atoms with Crippen molar-refractivity contribution in [2.45, 2.75) is 0 Å². The first kappa shape index (κ1) is 20.0. The molecule has 0 radical (unpaired) electrons. The number of ether oxygens (including phenoxy) is 3. The van der Waals surface area contributed by atoms with E-state index < -0.39 is 11.8 Å². The van der Waals surface area contributed by atoms with Crippen molar-refractivity contribution in [1.29, 1.82) is 0 Å². The molecular weight excluding hydrogens is 372 g/mol. The molecule has 3 rings (SSSR count). The molecule has 2 aromatic carbocycles. The Morgan fingerprint density at radius 3 is 2.17 bits per heavy atom. The Hall–Kier alpha value is -3.74. The highest BCUT2D eigenvalue weighted by molar-refractivity contribution is 6.36. The van der Waals surface area contributed by atoms with Gasteiger partial charge in [0.25, 0.3) is 11.8 Å². The van der Waals surface area contributed by atoms with Gasteiger partial charge >= 0.3 is 0 Å². The van der Waals surface area contributed by atoms with Crippen molar-refractivity contribution in [2.24, 2.45) is 0 Å². The Morgan fingerprint density at radius 1 is 0.931 bits per heavy atom. The second-order valence-electron chi connectivity index (χ2n) is 6.18. The zero-order chi connectivity index (χ0) is 21.0. The largest absolute Gasteiger partial charge is 0.497 e. The van der Waals surface area contributed by atoms with Crippen LogP contribution in [0.25, 0.3) is 5.57 Å². The van der Waals surface area contributed by atoms with Gasteiger partial charge in [0.2, 0.25) is 0 Å². The lowest BCUT2D eigenvalue weighted by Crippen LogP contribution is -2.32. The Balaban J connectivity index is 2.11. The van der Waals surface area contributed by atoms with Gasteiger partial charge in [0, 0.05) is 12.6 Å². The molecule has 150 valence electrons. The van der Waals surface area contributed by atoms with Crippen LogP contribution in [0, 0.1) is 0 Å². The standard InChI is InChI=1S/C22H22N2O5/c1-5-12-24-21(25)19(14-6-8-15(27-2)9-7-14)20(22(24)26)23-17-13-16(28-3)10-11-18(17)29-4/h5-11,13,23H,1,12H2,2-4H3. The van der Waals surface area contributed by atoms with Gasteiger partial charge < -0.3 is 19.5 Å². The van der Waals surface area contributed by atoms with Crippen LogP contribution in [0.15, 0.2) is 60.8 Å². The molecule has 0 fully saturated rings. The molecule has 0 bridgehead atoms. The van der Waals surface area contributed by atoms with E-state index in [0.29, 0.717) is 28.5 Å². The van der Waals surface area contributed by atoms with E-state index in [4.69, 9.17) is 14.2 Å². The summed E-state index contributed by atoms with van der Waals surface area (Å²) in [5.74, 6) is 0.905. The highest BCUT2D eigenvalue weighted by atomic mass is 16.5. The van der Waals surface area contributed by atoms with Crippen LogP contribution in [0.4, 0.5) is 5.69 Å². The summed E-state index contributed by atoms with van der Waals surface area (Å²) in [7, 11) is 4.63. The number of anilines is 1. The van der Waals surface area contributed by atoms with Crippen molar-refractivity contribution in [2.75, 3.05) is 33.2 Å². The third-order valence-corrected chi connectivity index (χ3v) is 4.52. The predicted molar refractivity (Wildman–Crippen MR) is 110 cm³/mol. The van der Waals surface area contributed by atoms with Gasteiger partial charge in [-0.1, -0.05) is 18.2 Å². The van der Waals surface area contributed by atoms with E-state index in [1.807, 2.05) is 0 Å². The van der Waals surface area contributed by atoms with Crippen molar-refractivity contribution in [1.82, 2.24) is 4.90 Å². The Kier molecular flexibility index (Phi) is 5.87. The third-order valence-electron chi connectivity index (χ3n) is 4.52. The SMILES string of the molecule is C=CCN1C(=O)C(Nc2cc(OC)ccc2OC)=C(c2ccc(OC)cc2)C1=O. The van der Waals surface area contributed by atoms with Gasteiger partial charge in [-0.2, -0.15) is 0 Å². The smallest absolute Gasteiger partial charge is 0.278 e. The molecule has 0 aliphatic carbocycles. The maximum absolute atomic E-state index is 13.0. The minimum atomic E-state index is -0.439. The number of carbonyl (C=O) groups excluding carboxylic acids is 2. The van der Waals surface area contributed by atoms with Crippen LogP contribution in [0.3, 0.4) is 0 Å². The molecule has 0 saturated carbocycles. The van der Waals surface area contributed by atoms with Gasteiger partial charge in [0.15, 0.2) is 0 Å². The highest BCUT2D eigenvalue weighted by Gasteiger charge is 2.38. The first-order valence-electron chi connectivity index (χ1n) is 8.88. The van der Waals surface area contributed by atoms with Crippen LogP contribution in [-0.2, 0) is 9.59 Å². The lowest BCUT2D eigenvalue weighted by Gasteiger charge is -2.14. The number of nitrogens with one attached hydrogen (secondary N) is 1. The molecule has 0 atom stereocenters. The molecule has 0 spiro atoms. The fourth-order valence-electron chi connectivity index (χ4n) is 3.06. The van der Waals surface area contributed by atoms with E-state index in [1.165, 1.54) is 13.2 Å². The van der Waals surface area contributed by atoms with Crippen molar-refractivity contribution >= 4 is 23.1 Å². The van der Waals surface area contributed by atoms with Crippen LogP contribution in [0.5, 0.6) is 17.2 Å². The van der Waals surface area contributed by atoms with E-state index in [0.717, 1.165) is 4.90 Å². The Bertz CT molecular complexity index is 979. The van der Waals surface area contributed by atoms with Gasteiger partial charge in [-0.25, -0.2) is 0 Å². The number of amides is 2. The van der Waals surface area contributed by atoms with Gasteiger partial charge in [-0.3, -0.25) is 14.5 Å². The molecule has 7 heteroatoms. The number of benzene rings is 2. The maximum Gasteiger partial charge on any atom is 0.278 e. The van der Waals surface area contributed by atoms with Crippen LogP contribution >= 0.6 is 0 Å². The zero-order valence-electron chi connectivity index (χ0n) is 16.5. The summed E-state index contributed by atoms with van der Waals surface area (Å²) in [6, 6.07) is 12.1. The molecule has 7 nitrogen and oxygen atoms in total. The highest BCUT2D eigenvalue weighted by Crippen LogP contribution is 2.35. The number of imide groups is 1. The van der Waals surface area contributed by atoms with Gasteiger partial charge in [0.05, 0.1) is 32.6 Å². The van der Waals surface area contributed by atoms with Crippen molar-refractivity contribution < 1.29 is 23.8 Å². The lowest BCUT2D eigenvalue weighted by molar-refractivity contribution is -0.136. The van der Waals surface area contributed by atoms with E-state index >= 15 is 0 Å². The maximum atomic E-state index is 13.0. The van der Waals surface area contributed by atoms with Crippen molar-refractivity contribution in [3.63, 3.8) is 0 Å². The molecule has 0 aromatic heterocycles. The van der Waals surface area contributed by atoms with E-state index in [1.54, 1.807) is 56.7 Å². The number of hydrogen-bond acceptors (Lipinski definition) is 6. The number of rotatable bonds is 8. The number of methoxy groups -OCH3 is 3. The number of nitrogens with zero attached hydrogens (tertiary/aromatic N) is 1. The Labute approximate surface area is 169 Å². The van der Waals surface area contributed by atoms with Gasteiger partial charge in [-0.15, -0.1) is 6.58 Å². The zero-order valence-corrected chi connectivity index (χ0v) is 16.5. The average Bonchev–Trinajstić information content (AvgIpc) is 2.98. The van der Waals surface area contributed by atoms with E-state index in [2.05, 4.69) is 11.9 Å². The molecular formula is C22H22N2O5. The summed E-state index contributed by atoms with van der Waals surface area (Å²) >= 11 is 0. The third kappa shape index (κ3) is 3.80. The first-order valence-corrected chi connectivity index (χ1v) is 8.88. The molecule has 1 aliphatic rings. The van der Waals surface area contributed by atoms with Crippen molar-refractivity contribution in [3.8, 4) is 17.2 Å². The second kappa shape index (κ2) is 8.52. The fraction of sp³-hybridized carbons (Fsp3) is 0.182. The molecule has 1 N–H and O–H groups in total. The number of carbonyl (C=O) groups is 2. The summed E-state index contributed by atoms with van der Waals surface area (Å²) in [4.78, 5) is 27.2. The number of hydrogen-bond donors (Lipinski definition) is 1. The molecule has 2 aromatic rings.